The normalized spacial score (nSPS) is 11.9. The summed E-state index contributed by atoms with van der Waals surface area (Å²) in [6.45, 7) is 4.50. The molecular formula is C18H22N2O4S. The molecule has 7 heteroatoms. The molecule has 2 rings (SSSR count). The summed E-state index contributed by atoms with van der Waals surface area (Å²) in [6, 6.07) is 9.56. The SMILES string of the molecule is Cc1nc(C(C)NC(=O)CCCOCc2ccccc2)sc1C(=O)O. The molecule has 1 aromatic heterocycles. The molecule has 0 aliphatic carbocycles. The van der Waals surface area contributed by atoms with Gasteiger partial charge >= 0.3 is 5.97 Å². The molecule has 0 radical (unpaired) electrons. The van der Waals surface area contributed by atoms with Gasteiger partial charge in [0.15, 0.2) is 0 Å². The van der Waals surface area contributed by atoms with E-state index in [2.05, 4.69) is 10.3 Å². The number of thiazole rings is 1. The Morgan fingerprint density at radius 3 is 2.68 bits per heavy atom. The van der Waals surface area contributed by atoms with E-state index >= 15 is 0 Å². The van der Waals surface area contributed by atoms with Crippen molar-refractivity contribution in [3.63, 3.8) is 0 Å². The standard InChI is InChI=1S/C18H22N2O4S/c1-12-16(18(22)23)25-17(20-12)13(2)19-15(21)9-6-10-24-11-14-7-4-3-5-8-14/h3-5,7-8,13H,6,9-11H2,1-2H3,(H,19,21)(H,22,23). The lowest BCUT2D eigenvalue weighted by atomic mass is 10.2. The molecule has 2 aromatic rings. The first-order valence-corrected chi connectivity index (χ1v) is 8.90. The first-order valence-electron chi connectivity index (χ1n) is 8.09. The molecule has 1 heterocycles. The predicted octanol–water partition coefficient (Wildman–Crippen LogP) is 3.32. The molecule has 0 saturated heterocycles. The second kappa shape index (κ2) is 9.29. The second-order valence-electron chi connectivity index (χ2n) is 5.70. The molecule has 1 amide bonds. The molecule has 1 atom stereocenters. The number of aryl methyl sites for hydroxylation is 1. The van der Waals surface area contributed by atoms with Crippen molar-refractivity contribution in [1.29, 1.82) is 0 Å². The highest BCUT2D eigenvalue weighted by molar-refractivity contribution is 7.13. The topological polar surface area (TPSA) is 88.5 Å². The summed E-state index contributed by atoms with van der Waals surface area (Å²) >= 11 is 1.10. The minimum absolute atomic E-state index is 0.0967. The number of hydrogen-bond acceptors (Lipinski definition) is 5. The Hall–Kier alpha value is -2.25. The first-order chi connectivity index (χ1) is 12.0. The predicted molar refractivity (Wildman–Crippen MR) is 95.7 cm³/mol. The molecule has 0 aliphatic rings. The van der Waals surface area contributed by atoms with Crippen LogP contribution in [-0.2, 0) is 16.1 Å². The first kappa shape index (κ1) is 19.1. The number of carbonyl (C=O) groups excluding carboxylic acids is 1. The highest BCUT2D eigenvalue weighted by atomic mass is 32.1. The van der Waals surface area contributed by atoms with Crippen LogP contribution in [-0.4, -0.2) is 28.6 Å². The van der Waals surface area contributed by atoms with Crippen LogP contribution in [0.4, 0.5) is 0 Å². The molecule has 0 saturated carbocycles. The van der Waals surface area contributed by atoms with Crippen molar-refractivity contribution in [2.45, 2.75) is 39.3 Å². The maximum atomic E-state index is 12.0. The lowest BCUT2D eigenvalue weighted by molar-refractivity contribution is -0.122. The van der Waals surface area contributed by atoms with Gasteiger partial charge in [0.2, 0.25) is 5.91 Å². The van der Waals surface area contributed by atoms with Gasteiger partial charge in [-0.2, -0.15) is 0 Å². The molecule has 0 bridgehead atoms. The van der Waals surface area contributed by atoms with Crippen LogP contribution in [0.2, 0.25) is 0 Å². The molecular weight excluding hydrogens is 340 g/mol. The van der Waals surface area contributed by atoms with Crippen molar-refractivity contribution in [2.24, 2.45) is 0 Å². The summed E-state index contributed by atoms with van der Waals surface area (Å²) < 4.78 is 5.55. The van der Waals surface area contributed by atoms with Crippen LogP contribution in [0, 0.1) is 6.92 Å². The van der Waals surface area contributed by atoms with Crippen LogP contribution in [0.3, 0.4) is 0 Å². The molecule has 0 spiro atoms. The summed E-state index contributed by atoms with van der Waals surface area (Å²) in [5, 5.41) is 12.5. The van der Waals surface area contributed by atoms with Crippen LogP contribution < -0.4 is 5.32 Å². The van der Waals surface area contributed by atoms with E-state index in [9.17, 15) is 9.59 Å². The zero-order valence-corrected chi connectivity index (χ0v) is 15.1. The quantitative estimate of drug-likeness (QED) is 0.668. The van der Waals surface area contributed by atoms with Gasteiger partial charge < -0.3 is 15.2 Å². The number of aromatic carboxylic acids is 1. The lowest BCUT2D eigenvalue weighted by Crippen LogP contribution is -2.26. The van der Waals surface area contributed by atoms with E-state index < -0.39 is 5.97 Å². The Balaban J connectivity index is 1.69. The van der Waals surface area contributed by atoms with Gasteiger partial charge in [-0.1, -0.05) is 30.3 Å². The minimum atomic E-state index is -0.990. The minimum Gasteiger partial charge on any atom is -0.477 e. The fourth-order valence-corrected chi connectivity index (χ4v) is 3.18. The van der Waals surface area contributed by atoms with Crippen LogP contribution >= 0.6 is 11.3 Å². The third-order valence-electron chi connectivity index (χ3n) is 3.56. The van der Waals surface area contributed by atoms with Gasteiger partial charge in [0.25, 0.3) is 0 Å². The average molecular weight is 362 g/mol. The van der Waals surface area contributed by atoms with E-state index in [0.717, 1.165) is 16.9 Å². The Bertz CT molecular complexity index is 715. The Morgan fingerprint density at radius 1 is 1.32 bits per heavy atom. The van der Waals surface area contributed by atoms with E-state index in [1.807, 2.05) is 30.3 Å². The molecule has 1 aromatic carbocycles. The number of amides is 1. The fraction of sp³-hybridized carbons (Fsp3) is 0.389. The van der Waals surface area contributed by atoms with Gasteiger partial charge in [-0.25, -0.2) is 9.78 Å². The summed E-state index contributed by atoms with van der Waals surface area (Å²) in [6.07, 6.45) is 0.984. The van der Waals surface area contributed by atoms with Gasteiger partial charge in [0, 0.05) is 13.0 Å². The Kier molecular flexibility index (Phi) is 7.09. The summed E-state index contributed by atoms with van der Waals surface area (Å²) in [7, 11) is 0. The van der Waals surface area contributed by atoms with Crippen molar-refractivity contribution < 1.29 is 19.4 Å². The maximum Gasteiger partial charge on any atom is 0.347 e. The van der Waals surface area contributed by atoms with Crippen LogP contribution in [0.1, 0.15) is 51.7 Å². The molecule has 25 heavy (non-hydrogen) atoms. The summed E-state index contributed by atoms with van der Waals surface area (Å²) in [4.78, 5) is 27.5. The highest BCUT2D eigenvalue weighted by Gasteiger charge is 2.18. The molecule has 134 valence electrons. The van der Waals surface area contributed by atoms with E-state index in [1.165, 1.54) is 0 Å². The molecule has 2 N–H and O–H groups in total. The number of rotatable bonds is 9. The lowest BCUT2D eigenvalue weighted by Gasteiger charge is -2.11. The molecule has 1 unspecified atom stereocenters. The average Bonchev–Trinajstić information content (AvgIpc) is 2.98. The van der Waals surface area contributed by atoms with Crippen LogP contribution in [0.5, 0.6) is 0 Å². The smallest absolute Gasteiger partial charge is 0.347 e. The fourth-order valence-electron chi connectivity index (χ4n) is 2.28. The number of hydrogen-bond donors (Lipinski definition) is 2. The Labute approximate surface area is 150 Å². The zero-order valence-electron chi connectivity index (χ0n) is 14.3. The third kappa shape index (κ3) is 5.95. The van der Waals surface area contributed by atoms with Crippen molar-refractivity contribution in [2.75, 3.05) is 6.61 Å². The van der Waals surface area contributed by atoms with E-state index in [1.54, 1.807) is 13.8 Å². The maximum absolute atomic E-state index is 12.0. The van der Waals surface area contributed by atoms with Gasteiger partial charge in [-0.15, -0.1) is 11.3 Å². The molecule has 0 fully saturated rings. The van der Waals surface area contributed by atoms with Gasteiger partial charge in [-0.05, 0) is 25.8 Å². The van der Waals surface area contributed by atoms with E-state index in [-0.39, 0.29) is 16.8 Å². The van der Waals surface area contributed by atoms with E-state index in [4.69, 9.17) is 9.84 Å². The monoisotopic (exact) mass is 362 g/mol. The van der Waals surface area contributed by atoms with Gasteiger partial charge in [0.05, 0.1) is 18.3 Å². The number of ether oxygens (including phenoxy) is 1. The van der Waals surface area contributed by atoms with Crippen LogP contribution in [0.15, 0.2) is 30.3 Å². The van der Waals surface area contributed by atoms with Gasteiger partial charge in [-0.3, -0.25) is 4.79 Å². The van der Waals surface area contributed by atoms with Crippen molar-refractivity contribution >= 4 is 23.2 Å². The third-order valence-corrected chi connectivity index (χ3v) is 4.89. The second-order valence-corrected chi connectivity index (χ2v) is 6.73. The van der Waals surface area contributed by atoms with Gasteiger partial charge in [0.1, 0.15) is 9.88 Å². The highest BCUT2D eigenvalue weighted by Crippen LogP contribution is 2.23. The largest absolute Gasteiger partial charge is 0.477 e. The Morgan fingerprint density at radius 2 is 2.04 bits per heavy atom. The number of carboxylic acid groups (broad SMARTS) is 1. The van der Waals surface area contributed by atoms with Crippen molar-refractivity contribution in [3.05, 3.63) is 51.5 Å². The zero-order chi connectivity index (χ0) is 18.2. The molecule has 0 aliphatic heterocycles. The van der Waals surface area contributed by atoms with E-state index in [0.29, 0.717) is 36.8 Å². The summed E-state index contributed by atoms with van der Waals surface area (Å²) in [5.41, 5.74) is 1.58. The van der Waals surface area contributed by atoms with Crippen LogP contribution in [0.25, 0.3) is 0 Å². The number of benzene rings is 1. The number of aromatic nitrogens is 1. The number of carbonyl (C=O) groups is 2. The molecule has 6 nitrogen and oxygen atoms in total. The van der Waals surface area contributed by atoms with Crippen molar-refractivity contribution in [3.8, 4) is 0 Å². The number of nitrogens with one attached hydrogen (secondary N) is 1. The number of nitrogens with zero attached hydrogens (tertiary/aromatic N) is 1. The summed E-state index contributed by atoms with van der Waals surface area (Å²) in [5.74, 6) is -1.09. The number of carboxylic acids is 1. The van der Waals surface area contributed by atoms with Crippen molar-refractivity contribution in [1.82, 2.24) is 10.3 Å².